The molecule has 0 saturated carbocycles. The van der Waals surface area contributed by atoms with Crippen LogP contribution in [0.2, 0.25) is 0 Å². The van der Waals surface area contributed by atoms with E-state index in [1.54, 1.807) is 6.92 Å². The fourth-order valence-corrected chi connectivity index (χ4v) is 2.07. The zero-order valence-corrected chi connectivity index (χ0v) is 14.6. The third-order valence-corrected chi connectivity index (χ3v) is 3.49. The van der Waals surface area contributed by atoms with Gasteiger partial charge < -0.3 is 5.32 Å². The minimum atomic E-state index is -0.434. The van der Waals surface area contributed by atoms with E-state index in [1.807, 2.05) is 11.0 Å². The van der Waals surface area contributed by atoms with E-state index in [2.05, 4.69) is 46.2 Å². The molecule has 0 aliphatic carbocycles. The van der Waals surface area contributed by atoms with Gasteiger partial charge in [-0.25, -0.2) is 14.0 Å². The van der Waals surface area contributed by atoms with E-state index in [4.69, 9.17) is 5.21 Å². The molecular formula is C13H15BrFN7O3. The molecule has 0 atom stereocenters. The highest BCUT2D eigenvalue weighted by Gasteiger charge is 2.16. The highest BCUT2D eigenvalue weighted by atomic mass is 79.9. The van der Waals surface area contributed by atoms with Crippen molar-refractivity contribution in [2.75, 3.05) is 18.4 Å². The van der Waals surface area contributed by atoms with Crippen LogP contribution in [0, 0.1) is 5.82 Å². The normalized spacial score (nSPS) is 12.2. The molecule has 1 aromatic heterocycles. The summed E-state index contributed by atoms with van der Waals surface area (Å²) in [5.41, 5.74) is 4.33. The van der Waals surface area contributed by atoms with Crippen LogP contribution >= 0.6 is 15.9 Å². The van der Waals surface area contributed by atoms with Crippen molar-refractivity contribution in [3.05, 3.63) is 34.2 Å². The van der Waals surface area contributed by atoms with Crippen LogP contribution in [0.3, 0.4) is 0 Å². The van der Waals surface area contributed by atoms with Gasteiger partial charge in [-0.1, -0.05) is 0 Å². The molecule has 12 heteroatoms. The van der Waals surface area contributed by atoms with Gasteiger partial charge in [0.1, 0.15) is 11.7 Å². The van der Waals surface area contributed by atoms with Crippen LogP contribution in [0.4, 0.5) is 15.9 Å². The van der Waals surface area contributed by atoms with E-state index in [-0.39, 0.29) is 21.8 Å². The second-order valence-electron chi connectivity index (χ2n) is 4.64. The quantitative estimate of drug-likeness (QED) is 0.208. The summed E-state index contributed by atoms with van der Waals surface area (Å²) in [6, 6.07) is 4.09. The van der Waals surface area contributed by atoms with Crippen LogP contribution in [0.25, 0.3) is 0 Å². The summed E-state index contributed by atoms with van der Waals surface area (Å²) in [6.45, 7) is 2.31. The van der Waals surface area contributed by atoms with Gasteiger partial charge in [0.05, 0.1) is 16.7 Å². The van der Waals surface area contributed by atoms with Crippen molar-refractivity contribution < 1.29 is 19.4 Å². The highest BCUT2D eigenvalue weighted by molar-refractivity contribution is 9.10. The molecule has 2 aromatic rings. The Bertz CT molecular complexity index is 781. The number of amidine groups is 2. The van der Waals surface area contributed by atoms with Gasteiger partial charge in [0.15, 0.2) is 11.5 Å². The van der Waals surface area contributed by atoms with Gasteiger partial charge >= 0.3 is 0 Å². The van der Waals surface area contributed by atoms with Crippen molar-refractivity contribution in [2.24, 2.45) is 9.98 Å². The Balaban J connectivity index is 2.14. The molecule has 1 heterocycles. The molecule has 25 heavy (non-hydrogen) atoms. The number of halogens is 2. The van der Waals surface area contributed by atoms with Crippen LogP contribution in [0.15, 0.2) is 37.3 Å². The lowest BCUT2D eigenvalue weighted by atomic mass is 10.3. The molecule has 134 valence electrons. The number of aromatic nitrogens is 2. The Labute approximate surface area is 149 Å². The molecule has 10 nitrogen and oxygen atoms in total. The number of rotatable bonds is 6. The fraction of sp³-hybridized carbons (Fsp3) is 0.231. The van der Waals surface area contributed by atoms with Gasteiger partial charge in [-0.3, -0.25) is 26.4 Å². The Morgan fingerprint density at radius 3 is 2.80 bits per heavy atom. The van der Waals surface area contributed by atoms with E-state index in [1.165, 1.54) is 18.2 Å². The maximum absolute atomic E-state index is 13.3. The second-order valence-corrected chi connectivity index (χ2v) is 5.49. The molecular weight excluding hydrogens is 401 g/mol. The zero-order chi connectivity index (χ0) is 18.2. The number of hydroxylamine groups is 2. The summed E-state index contributed by atoms with van der Waals surface area (Å²) in [5.74, 6) is 0.114. The summed E-state index contributed by atoms with van der Waals surface area (Å²) < 4.78 is 18.2. The van der Waals surface area contributed by atoms with Gasteiger partial charge in [-0.15, -0.1) is 0 Å². The first-order chi connectivity index (χ1) is 12.0. The number of nitrogens with zero attached hydrogens (tertiary/aromatic N) is 4. The molecule has 0 radical (unpaired) electrons. The van der Waals surface area contributed by atoms with Crippen molar-refractivity contribution in [1.82, 2.24) is 21.3 Å². The van der Waals surface area contributed by atoms with Crippen molar-refractivity contribution in [1.29, 1.82) is 0 Å². The summed E-state index contributed by atoms with van der Waals surface area (Å²) in [4.78, 5) is 8.14. The summed E-state index contributed by atoms with van der Waals surface area (Å²) in [7, 11) is 0. The predicted molar refractivity (Wildman–Crippen MR) is 90.9 cm³/mol. The Morgan fingerprint density at radius 2 is 2.12 bits per heavy atom. The van der Waals surface area contributed by atoms with Gasteiger partial charge in [0.2, 0.25) is 5.82 Å². The fourth-order valence-electron chi connectivity index (χ4n) is 1.71. The van der Waals surface area contributed by atoms with E-state index in [9.17, 15) is 9.60 Å². The lowest BCUT2D eigenvalue weighted by Crippen LogP contribution is -2.22. The van der Waals surface area contributed by atoms with Gasteiger partial charge in [0, 0.05) is 6.54 Å². The molecule has 0 aliphatic heterocycles. The highest BCUT2D eigenvalue weighted by Crippen LogP contribution is 2.23. The average molecular weight is 416 g/mol. The number of anilines is 1. The van der Waals surface area contributed by atoms with Crippen LogP contribution in [0.5, 0.6) is 0 Å². The molecule has 0 spiro atoms. The van der Waals surface area contributed by atoms with Crippen molar-refractivity contribution >= 4 is 39.1 Å². The number of benzene rings is 1. The zero-order valence-electron chi connectivity index (χ0n) is 13.0. The third-order valence-electron chi connectivity index (χ3n) is 2.88. The molecule has 2 rings (SSSR count). The van der Waals surface area contributed by atoms with Gasteiger partial charge in [0.25, 0.3) is 0 Å². The Hall–Kier alpha value is -2.57. The topological polar surface area (TPSA) is 140 Å². The van der Waals surface area contributed by atoms with Crippen molar-refractivity contribution in [3.8, 4) is 0 Å². The van der Waals surface area contributed by atoms with Gasteiger partial charge in [-0.2, -0.15) is 0 Å². The van der Waals surface area contributed by atoms with E-state index in [0.29, 0.717) is 24.6 Å². The maximum atomic E-state index is 13.3. The molecule has 0 amide bonds. The maximum Gasteiger partial charge on any atom is 0.202 e. The first kappa shape index (κ1) is 18.8. The first-order valence-corrected chi connectivity index (χ1v) is 7.76. The third kappa shape index (κ3) is 5.20. The standard InChI is InChI=1S/C13H15BrFN7O3/c1-7(19-23)16-4-5-17-12-11(21-25-22-12)13(20-24)18-8-2-3-10(15)9(14)6-8/h2-3,6,23-24H,4-5H2,1H3,(H,16,19)(H,17,22)(H,18,20). The number of nitrogens with one attached hydrogen (secondary N) is 3. The Morgan fingerprint density at radius 1 is 1.32 bits per heavy atom. The molecule has 5 N–H and O–H groups in total. The number of aliphatic imine (C=N–C) groups is 2. The van der Waals surface area contributed by atoms with Crippen LogP contribution < -0.4 is 16.3 Å². The van der Waals surface area contributed by atoms with Crippen LogP contribution in [-0.4, -0.2) is 45.5 Å². The van der Waals surface area contributed by atoms with E-state index < -0.39 is 5.82 Å². The lowest BCUT2D eigenvalue weighted by molar-refractivity contribution is 0.233. The number of hydrogen-bond acceptors (Lipinski definition) is 8. The molecule has 0 unspecified atom stereocenters. The second kappa shape index (κ2) is 9.05. The molecule has 0 aliphatic rings. The molecule has 0 bridgehead atoms. The SMILES string of the molecule is CC(=NCCNc1nonc1C(=Nc1ccc(F)c(Br)c1)NO)NO. The summed E-state index contributed by atoms with van der Waals surface area (Å²) in [5, 5.41) is 28.2. The predicted octanol–water partition coefficient (Wildman–Crippen LogP) is 1.84. The smallest absolute Gasteiger partial charge is 0.202 e. The Kier molecular flexibility index (Phi) is 6.80. The van der Waals surface area contributed by atoms with Crippen LogP contribution in [-0.2, 0) is 0 Å². The van der Waals surface area contributed by atoms with Crippen molar-refractivity contribution in [2.45, 2.75) is 6.92 Å². The molecule has 0 saturated heterocycles. The minimum absolute atomic E-state index is 0.0426. The monoisotopic (exact) mass is 415 g/mol. The first-order valence-electron chi connectivity index (χ1n) is 6.97. The minimum Gasteiger partial charge on any atom is -0.363 e. The van der Waals surface area contributed by atoms with E-state index in [0.717, 1.165) is 0 Å². The molecule has 1 aromatic carbocycles. The van der Waals surface area contributed by atoms with E-state index >= 15 is 0 Å². The van der Waals surface area contributed by atoms with Gasteiger partial charge in [-0.05, 0) is 51.4 Å². The summed E-state index contributed by atoms with van der Waals surface area (Å²) in [6.07, 6.45) is 0. The van der Waals surface area contributed by atoms with Crippen LogP contribution in [0.1, 0.15) is 12.6 Å². The summed E-state index contributed by atoms with van der Waals surface area (Å²) >= 11 is 3.06. The lowest BCUT2D eigenvalue weighted by Gasteiger charge is -2.05. The largest absolute Gasteiger partial charge is 0.363 e. The number of hydrogen-bond donors (Lipinski definition) is 5. The molecule has 0 fully saturated rings. The van der Waals surface area contributed by atoms with Crippen molar-refractivity contribution in [3.63, 3.8) is 0 Å². The average Bonchev–Trinajstić information content (AvgIpc) is 3.07.